The fourth-order valence-corrected chi connectivity index (χ4v) is 1.82. The number of hydrogen-bond acceptors (Lipinski definition) is 2. The number of aliphatic imine (C=N–C) groups is 1. The van der Waals surface area contributed by atoms with E-state index in [0.29, 0.717) is 11.8 Å². The molecule has 0 radical (unpaired) electrons. The largest absolute Gasteiger partial charge is 0.275 e. The maximum atomic E-state index is 10.8. The van der Waals surface area contributed by atoms with Gasteiger partial charge < -0.3 is 0 Å². The molecule has 1 rings (SSSR count). The van der Waals surface area contributed by atoms with Crippen LogP contribution in [0.5, 0.6) is 0 Å². The van der Waals surface area contributed by atoms with E-state index in [4.69, 9.17) is 11.6 Å². The Bertz CT molecular complexity index is 410. The molecule has 0 aliphatic carbocycles. The highest BCUT2D eigenvalue weighted by molar-refractivity contribution is 6.78. The predicted octanol–water partition coefficient (Wildman–Crippen LogP) is 4.40. The van der Waals surface area contributed by atoms with Gasteiger partial charge in [-0.25, -0.2) is 0 Å². The summed E-state index contributed by atoms with van der Waals surface area (Å²) >= 11 is 5.30. The number of halogens is 1. The van der Waals surface area contributed by atoms with E-state index in [1.165, 1.54) is 6.21 Å². The highest BCUT2D eigenvalue weighted by Crippen LogP contribution is 2.34. The highest BCUT2D eigenvalue weighted by atomic mass is 35.5. The minimum absolute atomic E-state index is 0.367. The lowest BCUT2D eigenvalue weighted by molar-refractivity contribution is -0.105. The van der Waals surface area contributed by atoms with Crippen molar-refractivity contribution in [2.75, 3.05) is 0 Å². The molecule has 0 spiro atoms. The van der Waals surface area contributed by atoms with Crippen LogP contribution in [0.25, 0.3) is 0 Å². The third-order valence-corrected chi connectivity index (χ3v) is 2.74. The van der Waals surface area contributed by atoms with Gasteiger partial charge in [0, 0.05) is 0 Å². The quantitative estimate of drug-likeness (QED) is 0.576. The predicted molar refractivity (Wildman–Crippen MR) is 73.6 cm³/mol. The first-order valence-corrected chi connectivity index (χ1v) is 6.17. The van der Waals surface area contributed by atoms with Crippen molar-refractivity contribution in [3.05, 3.63) is 29.3 Å². The molecule has 2 nitrogen and oxygen atoms in total. The van der Waals surface area contributed by atoms with Crippen molar-refractivity contribution in [1.82, 2.24) is 0 Å². The van der Waals surface area contributed by atoms with Gasteiger partial charge in [-0.05, 0) is 34.6 Å². The monoisotopic (exact) mass is 251 g/mol. The van der Waals surface area contributed by atoms with Crippen LogP contribution in [-0.2, 0) is 4.79 Å². The fraction of sp³-hybridized carbons (Fsp3) is 0.429. The topological polar surface area (TPSA) is 29.4 Å². The number of rotatable bonds is 4. The maximum absolute atomic E-state index is 10.8. The summed E-state index contributed by atoms with van der Waals surface area (Å²) < 4.78 is 0. The number of benzene rings is 1. The summed E-state index contributed by atoms with van der Waals surface area (Å²) in [6.45, 7) is 8.45. The van der Waals surface area contributed by atoms with Crippen LogP contribution in [0.4, 0.5) is 5.69 Å². The van der Waals surface area contributed by atoms with Crippen LogP contribution in [0, 0.1) is 0 Å². The van der Waals surface area contributed by atoms with Crippen molar-refractivity contribution in [2.24, 2.45) is 4.99 Å². The van der Waals surface area contributed by atoms with Gasteiger partial charge in [-0.3, -0.25) is 9.79 Å². The zero-order valence-corrected chi connectivity index (χ0v) is 11.5. The first-order chi connectivity index (χ1) is 7.93. The molecule has 92 valence electrons. The molecule has 0 amide bonds. The van der Waals surface area contributed by atoms with Crippen molar-refractivity contribution in [2.45, 2.75) is 39.5 Å². The van der Waals surface area contributed by atoms with Gasteiger partial charge in [0.25, 0.3) is 5.24 Å². The van der Waals surface area contributed by atoms with Crippen molar-refractivity contribution in [1.29, 1.82) is 0 Å². The SMILES string of the molecule is CC(C)c1cccc(C(C)C)c1N=CC(=O)Cl. The second kappa shape index (κ2) is 5.97. The van der Waals surface area contributed by atoms with Crippen molar-refractivity contribution >= 4 is 28.7 Å². The fourth-order valence-electron chi connectivity index (χ4n) is 1.78. The summed E-state index contributed by atoms with van der Waals surface area (Å²) in [6.07, 6.45) is 1.18. The molecule has 0 aliphatic heterocycles. The van der Waals surface area contributed by atoms with E-state index < -0.39 is 5.24 Å². The molecule has 0 atom stereocenters. The minimum Gasteiger partial charge on any atom is -0.275 e. The Morgan fingerprint density at radius 3 is 2.00 bits per heavy atom. The Hall–Kier alpha value is -1.15. The second-order valence-corrected chi connectivity index (χ2v) is 5.03. The van der Waals surface area contributed by atoms with E-state index in [1.807, 2.05) is 18.2 Å². The molecule has 3 heteroatoms. The highest BCUT2D eigenvalue weighted by Gasteiger charge is 2.12. The Kier molecular flexibility index (Phi) is 4.88. The van der Waals surface area contributed by atoms with Gasteiger partial charge in [-0.1, -0.05) is 45.9 Å². The average molecular weight is 252 g/mol. The Balaban J connectivity index is 3.33. The molecular weight excluding hydrogens is 234 g/mol. The lowest BCUT2D eigenvalue weighted by Crippen LogP contribution is -1.96. The molecule has 0 N–H and O–H groups in total. The van der Waals surface area contributed by atoms with E-state index >= 15 is 0 Å². The Morgan fingerprint density at radius 1 is 1.18 bits per heavy atom. The number of para-hydroxylation sites is 1. The van der Waals surface area contributed by atoms with E-state index in [0.717, 1.165) is 16.8 Å². The number of carbonyl (C=O) groups is 1. The van der Waals surface area contributed by atoms with E-state index in [9.17, 15) is 4.79 Å². The first-order valence-electron chi connectivity index (χ1n) is 5.79. The molecule has 0 saturated carbocycles. The zero-order chi connectivity index (χ0) is 13.0. The standard InChI is InChI=1S/C14H18ClNO/c1-9(2)11-6-5-7-12(10(3)4)14(11)16-8-13(15)17/h5-10H,1-4H3. The lowest BCUT2D eigenvalue weighted by Gasteiger charge is -2.15. The number of hydrogen-bond donors (Lipinski definition) is 0. The van der Waals surface area contributed by atoms with Crippen LogP contribution in [0.15, 0.2) is 23.2 Å². The molecule has 1 aromatic carbocycles. The summed E-state index contributed by atoms with van der Waals surface area (Å²) in [7, 11) is 0. The smallest absolute Gasteiger partial charge is 0.263 e. The van der Waals surface area contributed by atoms with Crippen molar-refractivity contribution < 1.29 is 4.79 Å². The molecule has 0 aliphatic rings. The molecule has 0 aromatic heterocycles. The molecule has 0 fully saturated rings. The minimum atomic E-state index is -0.543. The normalized spacial score (nSPS) is 11.7. The van der Waals surface area contributed by atoms with E-state index in [-0.39, 0.29) is 0 Å². The second-order valence-electron chi connectivity index (χ2n) is 4.66. The van der Waals surface area contributed by atoms with E-state index in [2.05, 4.69) is 32.7 Å². The average Bonchev–Trinajstić information content (AvgIpc) is 2.25. The molecule has 0 saturated heterocycles. The van der Waals surface area contributed by atoms with Crippen LogP contribution in [0.3, 0.4) is 0 Å². The van der Waals surface area contributed by atoms with Crippen LogP contribution in [0.2, 0.25) is 0 Å². The summed E-state index contributed by atoms with van der Waals surface area (Å²) in [5.74, 6) is 0.734. The summed E-state index contributed by atoms with van der Waals surface area (Å²) in [5.41, 5.74) is 3.17. The Labute approximate surface area is 108 Å². The van der Waals surface area contributed by atoms with Gasteiger partial charge in [0.1, 0.15) is 0 Å². The summed E-state index contributed by atoms with van der Waals surface area (Å²) in [6, 6.07) is 6.12. The van der Waals surface area contributed by atoms with Crippen molar-refractivity contribution in [3.8, 4) is 0 Å². The zero-order valence-electron chi connectivity index (χ0n) is 10.7. The third kappa shape index (κ3) is 3.67. The molecule has 1 aromatic rings. The molecule has 17 heavy (non-hydrogen) atoms. The molecule has 0 unspecified atom stereocenters. The number of nitrogens with zero attached hydrogens (tertiary/aromatic N) is 1. The lowest BCUT2D eigenvalue weighted by atomic mass is 9.93. The first kappa shape index (κ1) is 13.9. The van der Waals surface area contributed by atoms with Gasteiger partial charge >= 0.3 is 0 Å². The summed E-state index contributed by atoms with van der Waals surface area (Å²) in [4.78, 5) is 15.0. The van der Waals surface area contributed by atoms with Gasteiger partial charge in [-0.2, -0.15) is 0 Å². The third-order valence-electron chi connectivity index (χ3n) is 2.64. The summed E-state index contributed by atoms with van der Waals surface area (Å²) in [5, 5.41) is -0.543. The van der Waals surface area contributed by atoms with Crippen molar-refractivity contribution in [3.63, 3.8) is 0 Å². The van der Waals surface area contributed by atoms with Gasteiger partial charge in [0.15, 0.2) is 0 Å². The molecular formula is C14H18ClNO. The van der Waals surface area contributed by atoms with E-state index in [1.54, 1.807) is 0 Å². The van der Waals surface area contributed by atoms with Crippen LogP contribution in [-0.4, -0.2) is 11.5 Å². The van der Waals surface area contributed by atoms with Crippen LogP contribution in [0.1, 0.15) is 50.7 Å². The van der Waals surface area contributed by atoms with Gasteiger partial charge in [0.05, 0.1) is 11.9 Å². The van der Waals surface area contributed by atoms with Crippen LogP contribution < -0.4 is 0 Å². The van der Waals surface area contributed by atoms with Gasteiger partial charge in [0.2, 0.25) is 0 Å². The van der Waals surface area contributed by atoms with Crippen LogP contribution >= 0.6 is 11.6 Å². The Morgan fingerprint density at radius 2 is 1.65 bits per heavy atom. The maximum Gasteiger partial charge on any atom is 0.263 e. The molecule has 0 heterocycles. The van der Waals surface area contributed by atoms with Gasteiger partial charge in [-0.15, -0.1) is 0 Å². The number of carbonyl (C=O) groups excluding carboxylic acids is 1. The molecule has 0 bridgehead atoms.